The van der Waals surface area contributed by atoms with Gasteiger partial charge in [-0.05, 0) is 40.9 Å². The molecule has 0 aliphatic heterocycles. The first-order valence-electron chi connectivity index (χ1n) is 5.32. The van der Waals surface area contributed by atoms with Crippen molar-refractivity contribution in [1.29, 1.82) is 0 Å². The van der Waals surface area contributed by atoms with Crippen LogP contribution in [0.15, 0.2) is 34.8 Å². The van der Waals surface area contributed by atoms with Crippen molar-refractivity contribution in [3.63, 3.8) is 0 Å². The highest BCUT2D eigenvalue weighted by Gasteiger charge is 2.12. The maximum Gasteiger partial charge on any atom is 0.107 e. The first-order chi connectivity index (χ1) is 8.06. The van der Waals surface area contributed by atoms with Crippen LogP contribution in [0.5, 0.6) is 0 Å². The molecule has 0 spiro atoms. The minimum Gasteiger partial charge on any atom is -0.323 e. The van der Waals surface area contributed by atoms with Crippen molar-refractivity contribution < 1.29 is 0 Å². The molecule has 4 heteroatoms. The van der Waals surface area contributed by atoms with Crippen LogP contribution in [0.1, 0.15) is 22.0 Å². The summed E-state index contributed by atoms with van der Waals surface area (Å²) >= 11 is 11.0. The molecule has 2 N–H and O–H groups in total. The number of benzene rings is 1. The number of aryl methyl sites for hydroxylation is 1. The highest BCUT2D eigenvalue weighted by Crippen LogP contribution is 2.35. The van der Waals surface area contributed by atoms with Gasteiger partial charge in [0.1, 0.15) is 4.34 Å². The Morgan fingerprint density at radius 1 is 1.41 bits per heavy atom. The van der Waals surface area contributed by atoms with Crippen LogP contribution < -0.4 is 5.73 Å². The summed E-state index contributed by atoms with van der Waals surface area (Å²) < 4.78 is 1.69. The lowest BCUT2D eigenvalue weighted by atomic mass is 10.0. The van der Waals surface area contributed by atoms with E-state index in [2.05, 4.69) is 47.1 Å². The van der Waals surface area contributed by atoms with Crippen LogP contribution in [0.3, 0.4) is 0 Å². The van der Waals surface area contributed by atoms with E-state index < -0.39 is 0 Å². The molecule has 2 aromatic rings. The molecule has 2 rings (SSSR count). The van der Waals surface area contributed by atoms with Crippen LogP contribution in [-0.2, 0) is 6.42 Å². The third-order valence-electron chi connectivity index (χ3n) is 2.57. The third-order valence-corrected chi connectivity index (χ3v) is 5.17. The third kappa shape index (κ3) is 3.32. The summed E-state index contributed by atoms with van der Waals surface area (Å²) in [5, 5.41) is 0. The molecule has 1 nitrogen and oxygen atoms in total. The predicted molar refractivity (Wildman–Crippen MR) is 78.8 cm³/mol. The van der Waals surface area contributed by atoms with Crippen molar-refractivity contribution in [2.75, 3.05) is 0 Å². The molecule has 0 aliphatic carbocycles. The topological polar surface area (TPSA) is 26.0 Å². The Labute approximate surface area is 119 Å². The fourth-order valence-electron chi connectivity index (χ4n) is 1.74. The summed E-state index contributed by atoms with van der Waals surface area (Å²) in [5.41, 5.74) is 8.72. The van der Waals surface area contributed by atoms with Gasteiger partial charge in [-0.25, -0.2) is 0 Å². The van der Waals surface area contributed by atoms with Gasteiger partial charge in [0.05, 0.1) is 0 Å². The Morgan fingerprint density at radius 3 is 2.76 bits per heavy atom. The molecule has 90 valence electrons. The van der Waals surface area contributed by atoms with E-state index in [4.69, 9.17) is 17.3 Å². The van der Waals surface area contributed by atoms with Gasteiger partial charge in [0, 0.05) is 15.4 Å². The molecule has 0 radical (unpaired) electrons. The maximum absolute atomic E-state index is 6.19. The molecular weight excluding hydrogens is 318 g/mol. The zero-order chi connectivity index (χ0) is 12.4. The highest BCUT2D eigenvalue weighted by molar-refractivity contribution is 9.10. The summed E-state index contributed by atoms with van der Waals surface area (Å²) in [6.07, 6.45) is 0.838. The Balaban J connectivity index is 2.14. The Hall–Kier alpha value is -0.350. The molecule has 17 heavy (non-hydrogen) atoms. The molecule has 0 saturated heterocycles. The fraction of sp³-hybridized carbons (Fsp3) is 0.231. The van der Waals surface area contributed by atoms with Gasteiger partial charge in [-0.15, -0.1) is 11.3 Å². The molecule has 0 saturated carbocycles. The average Bonchev–Trinajstić information content (AvgIpc) is 2.59. The van der Waals surface area contributed by atoms with E-state index in [1.165, 1.54) is 22.5 Å². The monoisotopic (exact) mass is 329 g/mol. The predicted octanol–water partition coefficient (Wildman–Crippen LogP) is 4.71. The average molecular weight is 331 g/mol. The lowest BCUT2D eigenvalue weighted by Gasteiger charge is -2.09. The first-order valence-corrected chi connectivity index (χ1v) is 7.31. The maximum atomic E-state index is 6.19. The molecule has 0 fully saturated rings. The van der Waals surface area contributed by atoms with Gasteiger partial charge < -0.3 is 5.73 Å². The van der Waals surface area contributed by atoms with E-state index in [-0.39, 0.29) is 6.04 Å². The summed E-state index contributed by atoms with van der Waals surface area (Å²) in [4.78, 5) is 1.11. The molecule has 0 aliphatic rings. The van der Waals surface area contributed by atoms with Gasteiger partial charge in [-0.1, -0.05) is 41.4 Å². The number of hydrogen-bond donors (Lipinski definition) is 1. The smallest absolute Gasteiger partial charge is 0.107 e. The Kier molecular flexibility index (Phi) is 4.26. The normalized spacial score (nSPS) is 12.7. The zero-order valence-corrected chi connectivity index (χ0v) is 12.6. The number of nitrogens with two attached hydrogens (primary N) is 1. The number of halogens is 2. The van der Waals surface area contributed by atoms with Gasteiger partial charge in [0.2, 0.25) is 0 Å². The van der Waals surface area contributed by atoms with Gasteiger partial charge in [0.15, 0.2) is 0 Å². The molecule has 1 heterocycles. The van der Waals surface area contributed by atoms with Crippen LogP contribution >= 0.6 is 38.9 Å². The quantitative estimate of drug-likeness (QED) is 0.866. The lowest BCUT2D eigenvalue weighted by Crippen LogP contribution is -2.11. The van der Waals surface area contributed by atoms with E-state index in [0.717, 1.165) is 20.1 Å². The van der Waals surface area contributed by atoms with Gasteiger partial charge in [-0.3, -0.25) is 0 Å². The second kappa shape index (κ2) is 5.53. The van der Waals surface area contributed by atoms with E-state index in [1.54, 1.807) is 0 Å². The molecule has 1 atom stereocenters. The summed E-state index contributed by atoms with van der Waals surface area (Å²) in [7, 11) is 0. The zero-order valence-electron chi connectivity index (χ0n) is 9.41. The SMILES string of the molecule is Cc1cccc(CC(N)c2cc(Br)c(Cl)s2)c1. The largest absolute Gasteiger partial charge is 0.323 e. The second-order valence-electron chi connectivity index (χ2n) is 4.07. The van der Waals surface area contributed by atoms with Crippen molar-refractivity contribution in [3.8, 4) is 0 Å². The lowest BCUT2D eigenvalue weighted by molar-refractivity contribution is 0.736. The second-order valence-corrected chi connectivity index (χ2v) is 6.61. The Bertz CT molecular complexity index is 504. The minimum absolute atomic E-state index is 0.00519. The fourth-order valence-corrected chi connectivity index (χ4v) is 3.48. The molecule has 0 amide bonds. The van der Waals surface area contributed by atoms with Gasteiger partial charge in [0.25, 0.3) is 0 Å². The Morgan fingerprint density at radius 2 is 2.18 bits per heavy atom. The first kappa shape index (κ1) is 13.1. The van der Waals surface area contributed by atoms with Crippen LogP contribution in [-0.4, -0.2) is 0 Å². The van der Waals surface area contributed by atoms with Crippen molar-refractivity contribution in [2.24, 2.45) is 5.73 Å². The molecule has 1 unspecified atom stereocenters. The highest BCUT2D eigenvalue weighted by atomic mass is 79.9. The summed E-state index contributed by atoms with van der Waals surface area (Å²) in [5.74, 6) is 0. The summed E-state index contributed by atoms with van der Waals surface area (Å²) in [6.45, 7) is 2.09. The number of rotatable bonds is 3. The molecule has 1 aromatic carbocycles. The van der Waals surface area contributed by atoms with Crippen LogP contribution in [0.25, 0.3) is 0 Å². The van der Waals surface area contributed by atoms with Gasteiger partial charge in [-0.2, -0.15) is 0 Å². The van der Waals surface area contributed by atoms with E-state index in [9.17, 15) is 0 Å². The van der Waals surface area contributed by atoms with E-state index >= 15 is 0 Å². The van der Waals surface area contributed by atoms with Crippen molar-refractivity contribution >= 4 is 38.9 Å². The van der Waals surface area contributed by atoms with E-state index in [1.807, 2.05) is 6.07 Å². The minimum atomic E-state index is 0.00519. The number of thiophene rings is 1. The van der Waals surface area contributed by atoms with Crippen LogP contribution in [0.2, 0.25) is 4.34 Å². The van der Waals surface area contributed by atoms with Crippen molar-refractivity contribution in [2.45, 2.75) is 19.4 Å². The standard InChI is InChI=1S/C13H13BrClNS/c1-8-3-2-4-9(5-8)6-11(16)12-7-10(14)13(15)17-12/h2-5,7,11H,6,16H2,1H3. The van der Waals surface area contributed by atoms with Crippen molar-refractivity contribution in [1.82, 2.24) is 0 Å². The number of hydrogen-bond acceptors (Lipinski definition) is 2. The van der Waals surface area contributed by atoms with Crippen LogP contribution in [0.4, 0.5) is 0 Å². The van der Waals surface area contributed by atoms with Crippen molar-refractivity contribution in [3.05, 3.63) is 55.1 Å². The van der Waals surface area contributed by atoms with Crippen LogP contribution in [0, 0.1) is 6.92 Å². The summed E-state index contributed by atoms with van der Waals surface area (Å²) in [6, 6.07) is 10.4. The molecule has 1 aromatic heterocycles. The molecular formula is C13H13BrClNS. The molecule has 0 bridgehead atoms. The van der Waals surface area contributed by atoms with Gasteiger partial charge >= 0.3 is 0 Å². The van der Waals surface area contributed by atoms with E-state index in [0.29, 0.717) is 0 Å².